The van der Waals surface area contributed by atoms with Crippen molar-refractivity contribution < 1.29 is 13.9 Å². The summed E-state index contributed by atoms with van der Waals surface area (Å²) in [5, 5.41) is 12.4. The molecule has 1 aliphatic rings. The zero-order valence-corrected chi connectivity index (χ0v) is 14.5. The summed E-state index contributed by atoms with van der Waals surface area (Å²) < 4.78 is 12.7. The molecule has 2 aromatic heterocycles. The van der Waals surface area contributed by atoms with Gasteiger partial charge in [0.1, 0.15) is 23.0 Å². The first-order valence-electron chi connectivity index (χ1n) is 8.38. The number of furan rings is 1. The van der Waals surface area contributed by atoms with E-state index in [0.29, 0.717) is 23.8 Å². The lowest BCUT2D eigenvalue weighted by Crippen LogP contribution is -2.47. The van der Waals surface area contributed by atoms with Crippen molar-refractivity contribution >= 4 is 5.91 Å². The van der Waals surface area contributed by atoms with Gasteiger partial charge in [0.15, 0.2) is 0 Å². The van der Waals surface area contributed by atoms with Crippen LogP contribution in [0.5, 0.6) is 0 Å². The van der Waals surface area contributed by atoms with Gasteiger partial charge in [0, 0.05) is 38.1 Å². The minimum atomic E-state index is -0.281. The predicted octanol–water partition coefficient (Wildman–Crippen LogP) is 1.70. The molecule has 0 radical (unpaired) electrons. The molecule has 1 amide bonds. The van der Waals surface area contributed by atoms with E-state index in [9.17, 15) is 10.1 Å². The highest BCUT2D eigenvalue weighted by molar-refractivity contribution is 5.98. The van der Waals surface area contributed by atoms with Crippen LogP contribution in [0.4, 0.5) is 0 Å². The first-order valence-corrected chi connectivity index (χ1v) is 8.38. The summed E-state index contributed by atoms with van der Waals surface area (Å²) in [6.45, 7) is 7.45. The van der Waals surface area contributed by atoms with E-state index in [4.69, 9.17) is 9.15 Å². The highest BCUT2D eigenvalue weighted by atomic mass is 16.5. The zero-order valence-electron chi connectivity index (χ0n) is 14.5. The monoisotopic (exact) mass is 342 g/mol. The van der Waals surface area contributed by atoms with Gasteiger partial charge < -0.3 is 14.5 Å². The molecule has 3 rings (SSSR count). The Hall–Kier alpha value is -2.56. The summed E-state index contributed by atoms with van der Waals surface area (Å²) in [4.78, 5) is 14.9. The second-order valence-corrected chi connectivity index (χ2v) is 6.12. The van der Waals surface area contributed by atoms with Gasteiger partial charge in [-0.05, 0) is 26.0 Å². The Morgan fingerprint density at radius 1 is 1.36 bits per heavy atom. The maximum Gasteiger partial charge on any atom is 0.256 e. The topological polar surface area (TPSA) is 83.4 Å². The smallest absolute Gasteiger partial charge is 0.256 e. The summed E-state index contributed by atoms with van der Waals surface area (Å²) in [5.74, 6) is 0.532. The molecule has 7 nitrogen and oxygen atoms in total. The summed E-state index contributed by atoms with van der Waals surface area (Å²) >= 11 is 0. The number of aromatic nitrogens is 1. The van der Waals surface area contributed by atoms with Crippen molar-refractivity contribution in [3.63, 3.8) is 0 Å². The number of nitrogens with zero attached hydrogens (tertiary/aromatic N) is 3. The molecule has 0 bridgehead atoms. The number of carbonyl (C=O) groups excluding carboxylic acids is 1. The second kappa shape index (κ2) is 7.55. The van der Waals surface area contributed by atoms with Gasteiger partial charge in [0.05, 0.1) is 13.2 Å². The first kappa shape index (κ1) is 17.3. The molecular weight excluding hydrogens is 320 g/mol. The van der Waals surface area contributed by atoms with Gasteiger partial charge in [-0.15, -0.1) is 0 Å². The van der Waals surface area contributed by atoms with E-state index >= 15 is 0 Å². The Morgan fingerprint density at radius 2 is 2.04 bits per heavy atom. The van der Waals surface area contributed by atoms with Crippen LogP contribution in [0, 0.1) is 18.3 Å². The third-order valence-corrected chi connectivity index (χ3v) is 4.47. The third kappa shape index (κ3) is 3.60. The molecule has 1 saturated heterocycles. The fourth-order valence-electron chi connectivity index (χ4n) is 3.04. The van der Waals surface area contributed by atoms with Crippen molar-refractivity contribution in [3.8, 4) is 12.0 Å². The minimum Gasteiger partial charge on any atom is -0.443 e. The van der Waals surface area contributed by atoms with Crippen LogP contribution in [-0.2, 0) is 4.74 Å². The molecule has 7 heteroatoms. The number of aryl methyl sites for hydroxylation is 1. The Labute approximate surface area is 146 Å². The number of nitrogens with one attached hydrogen (secondary N) is 1. The number of ether oxygens (including phenoxy) is 1. The Bertz CT molecular complexity index is 767. The molecule has 1 N–H and O–H groups in total. The summed E-state index contributed by atoms with van der Waals surface area (Å²) in [7, 11) is 0. The Kier molecular flexibility index (Phi) is 5.22. The molecule has 1 atom stereocenters. The van der Waals surface area contributed by atoms with Crippen LogP contribution in [0.2, 0.25) is 0 Å². The van der Waals surface area contributed by atoms with Gasteiger partial charge in [0.2, 0.25) is 5.88 Å². The standard InChI is InChI=1S/C18H22N4O3/c1-13(21-7-9-24-10-8-21)12-20-17(23)16-14(2)25-18(15(16)11-19)22-5-3-4-6-22/h3-6,13H,7-10,12H2,1-2H3,(H,20,23). The average molecular weight is 342 g/mol. The zero-order chi connectivity index (χ0) is 17.8. The van der Waals surface area contributed by atoms with E-state index in [2.05, 4.69) is 23.2 Å². The van der Waals surface area contributed by atoms with Crippen molar-refractivity contribution in [1.82, 2.24) is 14.8 Å². The number of nitriles is 1. The van der Waals surface area contributed by atoms with Crippen molar-refractivity contribution in [3.05, 3.63) is 41.4 Å². The largest absolute Gasteiger partial charge is 0.443 e. The van der Waals surface area contributed by atoms with Gasteiger partial charge in [0.25, 0.3) is 5.91 Å². The van der Waals surface area contributed by atoms with Gasteiger partial charge in [-0.1, -0.05) is 0 Å². The van der Waals surface area contributed by atoms with Crippen LogP contribution >= 0.6 is 0 Å². The molecular formula is C18H22N4O3. The lowest BCUT2D eigenvalue weighted by Gasteiger charge is -2.32. The molecule has 1 unspecified atom stereocenters. The Morgan fingerprint density at radius 3 is 2.68 bits per heavy atom. The maximum absolute atomic E-state index is 12.6. The van der Waals surface area contributed by atoms with Gasteiger partial charge >= 0.3 is 0 Å². The van der Waals surface area contributed by atoms with Crippen molar-refractivity contribution in [2.75, 3.05) is 32.8 Å². The molecule has 132 valence electrons. The third-order valence-electron chi connectivity index (χ3n) is 4.47. The van der Waals surface area contributed by atoms with Gasteiger partial charge in [-0.2, -0.15) is 5.26 Å². The van der Waals surface area contributed by atoms with Crippen molar-refractivity contribution in [2.45, 2.75) is 19.9 Å². The molecule has 25 heavy (non-hydrogen) atoms. The molecule has 1 fully saturated rings. The Balaban J connectivity index is 1.73. The van der Waals surface area contributed by atoms with E-state index in [1.54, 1.807) is 23.9 Å². The van der Waals surface area contributed by atoms with Crippen LogP contribution in [0.3, 0.4) is 0 Å². The van der Waals surface area contributed by atoms with Crippen LogP contribution in [0.1, 0.15) is 28.6 Å². The maximum atomic E-state index is 12.6. The number of hydrogen-bond acceptors (Lipinski definition) is 5. The molecule has 3 heterocycles. The number of rotatable bonds is 5. The number of hydrogen-bond donors (Lipinski definition) is 1. The second-order valence-electron chi connectivity index (χ2n) is 6.12. The van der Waals surface area contributed by atoms with Crippen molar-refractivity contribution in [2.24, 2.45) is 0 Å². The molecule has 1 aliphatic heterocycles. The quantitative estimate of drug-likeness (QED) is 0.894. The number of morpholine rings is 1. The molecule has 0 aromatic carbocycles. The van der Waals surface area contributed by atoms with E-state index in [0.717, 1.165) is 26.3 Å². The van der Waals surface area contributed by atoms with Crippen LogP contribution < -0.4 is 5.32 Å². The van der Waals surface area contributed by atoms with E-state index in [-0.39, 0.29) is 17.5 Å². The molecule has 0 aliphatic carbocycles. The van der Waals surface area contributed by atoms with Crippen LogP contribution in [0.15, 0.2) is 28.9 Å². The van der Waals surface area contributed by atoms with E-state index < -0.39 is 0 Å². The SMILES string of the molecule is Cc1oc(-n2cccc2)c(C#N)c1C(=O)NCC(C)N1CCOCC1. The summed E-state index contributed by atoms with van der Waals surface area (Å²) in [5.41, 5.74) is 0.561. The lowest BCUT2D eigenvalue weighted by atomic mass is 10.1. The van der Waals surface area contributed by atoms with Crippen LogP contribution in [0.25, 0.3) is 5.88 Å². The first-order chi connectivity index (χ1) is 12.1. The van der Waals surface area contributed by atoms with Crippen molar-refractivity contribution in [1.29, 1.82) is 5.26 Å². The number of amides is 1. The van der Waals surface area contributed by atoms with E-state index in [1.165, 1.54) is 0 Å². The van der Waals surface area contributed by atoms with E-state index in [1.807, 2.05) is 12.1 Å². The molecule has 0 saturated carbocycles. The van der Waals surface area contributed by atoms with Crippen LogP contribution in [-0.4, -0.2) is 54.3 Å². The molecule has 2 aromatic rings. The van der Waals surface area contributed by atoms with Gasteiger partial charge in [-0.25, -0.2) is 0 Å². The molecule has 0 spiro atoms. The normalized spacial score (nSPS) is 16.4. The lowest BCUT2D eigenvalue weighted by molar-refractivity contribution is 0.0204. The average Bonchev–Trinajstić information content (AvgIpc) is 3.27. The summed E-state index contributed by atoms with van der Waals surface area (Å²) in [6, 6.07) is 5.98. The highest BCUT2D eigenvalue weighted by Crippen LogP contribution is 2.25. The number of carbonyl (C=O) groups is 1. The summed E-state index contributed by atoms with van der Waals surface area (Å²) in [6.07, 6.45) is 3.56. The fraction of sp³-hybridized carbons (Fsp3) is 0.444. The van der Waals surface area contributed by atoms with Gasteiger partial charge in [-0.3, -0.25) is 14.3 Å². The predicted molar refractivity (Wildman–Crippen MR) is 91.7 cm³/mol. The highest BCUT2D eigenvalue weighted by Gasteiger charge is 2.25. The fourth-order valence-corrected chi connectivity index (χ4v) is 3.04. The minimum absolute atomic E-state index is 0.203.